The number of alkyl halides is 3. The number of H-pyrrole nitrogens is 1. The van der Waals surface area contributed by atoms with Crippen molar-refractivity contribution in [2.45, 2.75) is 31.6 Å². The molecule has 0 aliphatic carbocycles. The fourth-order valence-electron chi connectivity index (χ4n) is 4.10. The predicted octanol–water partition coefficient (Wildman–Crippen LogP) is 1.64. The summed E-state index contributed by atoms with van der Waals surface area (Å²) in [4.78, 5) is 32.0. The number of hydrogen-bond acceptors (Lipinski definition) is 8. The van der Waals surface area contributed by atoms with Gasteiger partial charge in [0.2, 0.25) is 5.91 Å². The van der Waals surface area contributed by atoms with Gasteiger partial charge < -0.3 is 24.6 Å². The fourth-order valence-corrected chi connectivity index (χ4v) is 4.10. The van der Waals surface area contributed by atoms with Crippen molar-refractivity contribution < 1.29 is 31.8 Å². The van der Waals surface area contributed by atoms with E-state index >= 15 is 0 Å². The monoisotopic (exact) mass is 500 g/mol. The van der Waals surface area contributed by atoms with Crippen LogP contribution in [0.1, 0.15) is 18.9 Å². The second-order valence-electron chi connectivity index (χ2n) is 8.33. The van der Waals surface area contributed by atoms with Crippen molar-refractivity contribution >= 4 is 17.4 Å². The third kappa shape index (κ3) is 5.63. The number of amides is 1. The average molecular weight is 500 g/mol. The number of piperazine rings is 1. The first-order valence-electron chi connectivity index (χ1n) is 11.0. The molecule has 2 aliphatic heterocycles. The summed E-state index contributed by atoms with van der Waals surface area (Å²) in [5.74, 6) is 0.343. The zero-order valence-corrected chi connectivity index (χ0v) is 18.8. The van der Waals surface area contributed by atoms with Gasteiger partial charge in [-0.3, -0.25) is 9.59 Å². The average Bonchev–Trinajstić information content (AvgIpc) is 2.80. The van der Waals surface area contributed by atoms with E-state index in [4.69, 9.17) is 9.47 Å². The van der Waals surface area contributed by atoms with Crippen molar-refractivity contribution in [3.05, 3.63) is 40.2 Å². The first-order valence-corrected chi connectivity index (χ1v) is 11.0. The van der Waals surface area contributed by atoms with Crippen LogP contribution in [0.25, 0.3) is 0 Å². The molecule has 0 saturated carbocycles. The Balaban J connectivity index is 1.23. The van der Waals surface area contributed by atoms with Gasteiger partial charge in [0.15, 0.2) is 11.6 Å². The molecule has 35 heavy (non-hydrogen) atoms. The van der Waals surface area contributed by atoms with Gasteiger partial charge in [-0.05, 0) is 6.92 Å². The third-order valence-corrected chi connectivity index (χ3v) is 5.71. The van der Waals surface area contributed by atoms with Crippen LogP contribution in [-0.2, 0) is 15.7 Å². The number of aromatic nitrogens is 3. The highest BCUT2D eigenvalue weighted by atomic mass is 19.4. The summed E-state index contributed by atoms with van der Waals surface area (Å²) < 4.78 is 63.9. The Morgan fingerprint density at radius 2 is 2.17 bits per heavy atom. The molecule has 14 heteroatoms. The highest BCUT2D eigenvalue weighted by Crippen LogP contribution is 2.34. The smallest absolute Gasteiger partial charge is 0.423 e. The zero-order chi connectivity index (χ0) is 25.2. The van der Waals surface area contributed by atoms with Crippen molar-refractivity contribution in [3.63, 3.8) is 0 Å². The van der Waals surface area contributed by atoms with Gasteiger partial charge in [-0.25, -0.2) is 14.5 Å². The van der Waals surface area contributed by atoms with Crippen molar-refractivity contribution in [1.29, 1.82) is 0 Å². The molecule has 0 bridgehead atoms. The normalized spacial score (nSPS) is 18.4. The number of carbonyl (C=O) groups excluding carboxylic acids is 1. The molecule has 2 atom stereocenters. The molecule has 2 N–H and O–H groups in total. The summed E-state index contributed by atoms with van der Waals surface area (Å²) in [6.45, 7) is 3.39. The number of halogens is 4. The molecule has 1 unspecified atom stereocenters. The van der Waals surface area contributed by atoms with Gasteiger partial charge in [0, 0.05) is 31.7 Å². The molecule has 2 aliphatic rings. The van der Waals surface area contributed by atoms with Gasteiger partial charge in [0.05, 0.1) is 43.8 Å². The molecule has 2 aromatic rings. The van der Waals surface area contributed by atoms with Crippen molar-refractivity contribution in [2.75, 3.05) is 49.7 Å². The SMILES string of the molecule is C[C@@H](COCCC(=O)N1CCN2c3ncc(F)cc3OCC2C1)Nc1cn[nH]c(=O)c1C(F)(F)F. The standard InChI is InChI=1S/C21H24F4N6O4/c1-12(28-15-8-27-29-20(33)18(15)21(23,24)25)10-34-5-2-17(32)30-3-4-31-14(9-30)11-35-16-6-13(22)7-26-19(16)31/h6-8,12,14H,2-5,9-11H2,1H3,(H2,28,29,33)/t12-,14?/m0/s1. The summed E-state index contributed by atoms with van der Waals surface area (Å²) >= 11 is 0. The Bertz CT molecular complexity index is 1130. The summed E-state index contributed by atoms with van der Waals surface area (Å²) in [7, 11) is 0. The van der Waals surface area contributed by atoms with Crippen LogP contribution in [-0.4, -0.2) is 77.5 Å². The van der Waals surface area contributed by atoms with Gasteiger partial charge in [-0.1, -0.05) is 0 Å². The maximum atomic E-state index is 13.4. The lowest BCUT2D eigenvalue weighted by Gasteiger charge is -2.44. The molecule has 2 aromatic heterocycles. The van der Waals surface area contributed by atoms with Crippen molar-refractivity contribution in [2.24, 2.45) is 0 Å². The Labute approximate surface area is 197 Å². The lowest BCUT2D eigenvalue weighted by Crippen LogP contribution is -2.58. The van der Waals surface area contributed by atoms with Gasteiger partial charge in [-0.15, -0.1) is 0 Å². The Kier molecular flexibility index (Phi) is 7.10. The maximum absolute atomic E-state index is 13.4. The molecule has 4 heterocycles. The number of nitrogens with one attached hydrogen (secondary N) is 2. The van der Waals surface area contributed by atoms with Crippen molar-refractivity contribution in [1.82, 2.24) is 20.1 Å². The number of aromatic amines is 1. The topological polar surface area (TPSA) is 113 Å². The number of hydrogen-bond donors (Lipinski definition) is 2. The van der Waals surface area contributed by atoms with E-state index in [0.717, 1.165) is 12.4 Å². The fraction of sp³-hybridized carbons (Fsp3) is 0.524. The second kappa shape index (κ2) is 10.1. The quantitative estimate of drug-likeness (QED) is 0.436. The highest BCUT2D eigenvalue weighted by molar-refractivity contribution is 5.77. The number of nitrogens with zero attached hydrogens (tertiary/aromatic N) is 4. The molecular weight excluding hydrogens is 476 g/mol. The Hall–Kier alpha value is -3.42. The lowest BCUT2D eigenvalue weighted by molar-refractivity contribution is -0.138. The minimum absolute atomic E-state index is 0.0145. The molecule has 10 nitrogen and oxygen atoms in total. The van der Waals surface area contributed by atoms with Crippen LogP contribution in [0, 0.1) is 5.82 Å². The lowest BCUT2D eigenvalue weighted by atomic mass is 10.1. The van der Waals surface area contributed by atoms with E-state index in [9.17, 15) is 27.2 Å². The van der Waals surface area contributed by atoms with Gasteiger partial charge in [-0.2, -0.15) is 18.3 Å². The molecule has 0 radical (unpaired) electrons. The predicted molar refractivity (Wildman–Crippen MR) is 116 cm³/mol. The second-order valence-corrected chi connectivity index (χ2v) is 8.33. The number of carbonyl (C=O) groups is 1. The van der Waals surface area contributed by atoms with E-state index in [1.807, 2.05) is 4.90 Å². The molecule has 1 amide bonds. The molecule has 1 saturated heterocycles. The number of anilines is 2. The zero-order valence-electron chi connectivity index (χ0n) is 18.8. The number of pyridine rings is 1. The van der Waals surface area contributed by atoms with E-state index in [2.05, 4.69) is 15.4 Å². The molecule has 0 spiro atoms. The molecule has 1 fully saturated rings. The Morgan fingerprint density at radius 1 is 1.37 bits per heavy atom. The molecular formula is C21H24F4N6O4. The maximum Gasteiger partial charge on any atom is 0.423 e. The van der Waals surface area contributed by atoms with E-state index in [1.54, 1.807) is 16.9 Å². The first kappa shape index (κ1) is 24.7. The van der Waals surface area contributed by atoms with Gasteiger partial charge in [0.25, 0.3) is 5.56 Å². The first-order chi connectivity index (χ1) is 16.6. The van der Waals surface area contributed by atoms with E-state index < -0.39 is 34.8 Å². The summed E-state index contributed by atoms with van der Waals surface area (Å²) in [6, 6.07) is 0.614. The number of rotatable bonds is 7. The van der Waals surface area contributed by atoms with E-state index in [-0.39, 0.29) is 31.6 Å². The van der Waals surface area contributed by atoms with Gasteiger partial charge in [0.1, 0.15) is 18.0 Å². The molecule has 190 valence electrons. The summed E-state index contributed by atoms with van der Waals surface area (Å²) in [5, 5.41) is 7.76. The van der Waals surface area contributed by atoms with Crippen LogP contribution in [0.3, 0.4) is 0 Å². The van der Waals surface area contributed by atoms with Crippen LogP contribution in [0.2, 0.25) is 0 Å². The number of fused-ring (bicyclic) bond motifs is 3. The highest BCUT2D eigenvalue weighted by Gasteiger charge is 2.38. The largest absolute Gasteiger partial charge is 0.487 e. The third-order valence-electron chi connectivity index (χ3n) is 5.71. The Morgan fingerprint density at radius 3 is 2.94 bits per heavy atom. The molecule has 0 aromatic carbocycles. The minimum Gasteiger partial charge on any atom is -0.487 e. The van der Waals surface area contributed by atoms with Crippen LogP contribution in [0.15, 0.2) is 23.3 Å². The van der Waals surface area contributed by atoms with E-state index in [0.29, 0.717) is 37.8 Å². The summed E-state index contributed by atoms with van der Waals surface area (Å²) in [5.41, 5.74) is -3.14. The van der Waals surface area contributed by atoms with Crippen LogP contribution in [0.4, 0.5) is 29.1 Å². The minimum atomic E-state index is -4.84. The van der Waals surface area contributed by atoms with Crippen LogP contribution in [0.5, 0.6) is 5.75 Å². The van der Waals surface area contributed by atoms with E-state index in [1.165, 1.54) is 6.07 Å². The van der Waals surface area contributed by atoms with Crippen LogP contribution >= 0.6 is 0 Å². The van der Waals surface area contributed by atoms with Crippen LogP contribution < -0.4 is 20.5 Å². The molecule has 4 rings (SSSR count). The summed E-state index contributed by atoms with van der Waals surface area (Å²) in [6.07, 6.45) is -2.72. The number of ether oxygens (including phenoxy) is 2. The van der Waals surface area contributed by atoms with Crippen molar-refractivity contribution in [3.8, 4) is 5.75 Å². The van der Waals surface area contributed by atoms with Gasteiger partial charge >= 0.3 is 6.18 Å².